The van der Waals surface area contributed by atoms with Gasteiger partial charge in [-0.3, -0.25) is 0 Å². The average Bonchev–Trinajstić information content (AvgIpc) is 2.85. The summed E-state index contributed by atoms with van der Waals surface area (Å²) < 4.78 is 19.4. The molecule has 0 aliphatic rings. The Morgan fingerprint density at radius 1 is 1.32 bits per heavy atom. The van der Waals surface area contributed by atoms with E-state index < -0.39 is 0 Å². The Bertz CT molecular complexity index is 511. The number of aryl methyl sites for hydroxylation is 2. The zero-order chi connectivity index (χ0) is 13.8. The van der Waals surface area contributed by atoms with Gasteiger partial charge in [-0.2, -0.15) is 0 Å². The number of furan rings is 1. The molecule has 102 valence electrons. The number of rotatable bonds is 5. The molecule has 1 aromatic carbocycles. The molecule has 1 atom stereocenters. The molecule has 1 N–H and O–H groups in total. The van der Waals surface area contributed by atoms with Crippen molar-refractivity contribution in [3.8, 4) is 0 Å². The molecule has 19 heavy (non-hydrogen) atoms. The van der Waals surface area contributed by atoms with Crippen molar-refractivity contribution in [2.45, 2.75) is 33.2 Å². The van der Waals surface area contributed by atoms with E-state index in [0.29, 0.717) is 5.56 Å². The van der Waals surface area contributed by atoms with Crippen LogP contribution < -0.4 is 5.32 Å². The Morgan fingerprint density at radius 3 is 2.68 bits per heavy atom. The van der Waals surface area contributed by atoms with E-state index in [4.69, 9.17) is 4.42 Å². The van der Waals surface area contributed by atoms with Crippen LogP contribution >= 0.6 is 0 Å². The molecule has 3 heteroatoms. The number of halogens is 1. The van der Waals surface area contributed by atoms with Crippen LogP contribution in [0.4, 0.5) is 4.39 Å². The highest BCUT2D eigenvalue weighted by atomic mass is 19.1. The average molecular weight is 261 g/mol. The molecule has 2 aromatic rings. The van der Waals surface area contributed by atoms with Crippen molar-refractivity contribution in [2.75, 3.05) is 6.54 Å². The third-order valence-electron chi connectivity index (χ3n) is 3.24. The van der Waals surface area contributed by atoms with E-state index in [-0.39, 0.29) is 11.9 Å². The Morgan fingerprint density at radius 2 is 2.11 bits per heavy atom. The lowest BCUT2D eigenvalue weighted by Gasteiger charge is -2.21. The van der Waals surface area contributed by atoms with Crippen LogP contribution in [0.15, 0.2) is 35.1 Å². The number of hydrogen-bond donors (Lipinski definition) is 1. The highest BCUT2D eigenvalue weighted by molar-refractivity contribution is 5.39. The molecule has 1 aromatic heterocycles. The van der Waals surface area contributed by atoms with Gasteiger partial charge in [-0.05, 0) is 50.1 Å². The van der Waals surface area contributed by atoms with Gasteiger partial charge in [0.2, 0.25) is 0 Å². The maximum atomic E-state index is 14.3. The van der Waals surface area contributed by atoms with E-state index in [1.807, 2.05) is 26.0 Å². The van der Waals surface area contributed by atoms with E-state index in [9.17, 15) is 4.39 Å². The minimum Gasteiger partial charge on any atom is -0.472 e. The lowest BCUT2D eigenvalue weighted by molar-refractivity contribution is 0.528. The van der Waals surface area contributed by atoms with Crippen molar-refractivity contribution in [2.24, 2.45) is 0 Å². The number of hydrogen-bond acceptors (Lipinski definition) is 2. The maximum absolute atomic E-state index is 14.3. The summed E-state index contributed by atoms with van der Waals surface area (Å²) in [5.74, 6) is -0.160. The van der Waals surface area contributed by atoms with Crippen LogP contribution in [0.5, 0.6) is 0 Å². The fourth-order valence-electron chi connectivity index (χ4n) is 2.41. The van der Waals surface area contributed by atoms with Gasteiger partial charge in [0.25, 0.3) is 0 Å². The molecule has 0 radical (unpaired) electrons. The zero-order valence-corrected chi connectivity index (χ0v) is 11.7. The van der Waals surface area contributed by atoms with Gasteiger partial charge >= 0.3 is 0 Å². The third-order valence-corrected chi connectivity index (χ3v) is 3.24. The largest absolute Gasteiger partial charge is 0.472 e. The summed E-state index contributed by atoms with van der Waals surface area (Å²) in [6, 6.07) is 5.33. The van der Waals surface area contributed by atoms with Crippen LogP contribution in [-0.4, -0.2) is 6.54 Å². The third kappa shape index (κ3) is 3.04. The SMILES string of the molecule is CCCNC(c1ccoc1)c1c(C)cc(C)cc1F. The summed E-state index contributed by atoms with van der Waals surface area (Å²) in [6.07, 6.45) is 4.30. The van der Waals surface area contributed by atoms with Gasteiger partial charge < -0.3 is 9.73 Å². The highest BCUT2D eigenvalue weighted by Gasteiger charge is 2.20. The summed E-state index contributed by atoms with van der Waals surface area (Å²) in [4.78, 5) is 0. The minimum atomic E-state index is -0.160. The highest BCUT2D eigenvalue weighted by Crippen LogP contribution is 2.28. The topological polar surface area (TPSA) is 25.2 Å². The number of nitrogens with one attached hydrogen (secondary N) is 1. The van der Waals surface area contributed by atoms with Gasteiger partial charge in [0, 0.05) is 11.1 Å². The molecule has 0 saturated carbocycles. The predicted octanol–water partition coefficient (Wildman–Crippen LogP) is 4.12. The molecule has 2 nitrogen and oxygen atoms in total. The number of benzene rings is 1. The zero-order valence-electron chi connectivity index (χ0n) is 11.7. The van der Waals surface area contributed by atoms with Crippen LogP contribution in [0.1, 0.15) is 41.6 Å². The molecule has 0 saturated heterocycles. The Hall–Kier alpha value is -1.61. The molecular weight excluding hydrogens is 241 g/mol. The standard InChI is InChI=1S/C16H20FNO/c1-4-6-18-16(13-5-7-19-10-13)15-12(3)8-11(2)9-14(15)17/h5,7-10,16,18H,4,6H2,1-3H3. The fraction of sp³-hybridized carbons (Fsp3) is 0.375. The van der Waals surface area contributed by atoms with Crippen molar-refractivity contribution in [1.29, 1.82) is 0 Å². The van der Waals surface area contributed by atoms with Crippen molar-refractivity contribution >= 4 is 0 Å². The van der Waals surface area contributed by atoms with Crippen LogP contribution in [0.25, 0.3) is 0 Å². The first-order valence-electron chi connectivity index (χ1n) is 6.65. The van der Waals surface area contributed by atoms with Crippen LogP contribution in [0.2, 0.25) is 0 Å². The van der Waals surface area contributed by atoms with Crippen LogP contribution in [0, 0.1) is 19.7 Å². The fourth-order valence-corrected chi connectivity index (χ4v) is 2.41. The summed E-state index contributed by atoms with van der Waals surface area (Å²) in [6.45, 7) is 6.79. The Balaban J connectivity index is 2.44. The van der Waals surface area contributed by atoms with E-state index >= 15 is 0 Å². The molecule has 2 rings (SSSR count). The lowest BCUT2D eigenvalue weighted by Crippen LogP contribution is -2.24. The molecule has 1 unspecified atom stereocenters. The molecular formula is C16H20FNO. The van der Waals surface area contributed by atoms with Gasteiger partial charge in [0.15, 0.2) is 0 Å². The van der Waals surface area contributed by atoms with Crippen molar-refractivity contribution < 1.29 is 8.81 Å². The monoisotopic (exact) mass is 261 g/mol. The maximum Gasteiger partial charge on any atom is 0.128 e. The van der Waals surface area contributed by atoms with Crippen LogP contribution in [-0.2, 0) is 0 Å². The molecule has 0 aliphatic carbocycles. The van der Waals surface area contributed by atoms with E-state index in [1.165, 1.54) is 0 Å². The molecule has 0 amide bonds. The normalized spacial score (nSPS) is 12.6. The van der Waals surface area contributed by atoms with E-state index in [1.54, 1.807) is 18.6 Å². The van der Waals surface area contributed by atoms with E-state index in [2.05, 4.69) is 12.2 Å². The molecule has 0 spiro atoms. The first-order chi connectivity index (χ1) is 9.13. The lowest BCUT2D eigenvalue weighted by atomic mass is 9.94. The van der Waals surface area contributed by atoms with Gasteiger partial charge in [0.1, 0.15) is 5.82 Å². The first-order valence-corrected chi connectivity index (χ1v) is 6.65. The second-order valence-electron chi connectivity index (χ2n) is 4.92. The van der Waals surface area contributed by atoms with Gasteiger partial charge in [0.05, 0.1) is 18.6 Å². The van der Waals surface area contributed by atoms with Crippen LogP contribution in [0.3, 0.4) is 0 Å². The predicted molar refractivity (Wildman–Crippen MR) is 74.7 cm³/mol. The van der Waals surface area contributed by atoms with Gasteiger partial charge in [-0.15, -0.1) is 0 Å². The summed E-state index contributed by atoms with van der Waals surface area (Å²) in [7, 11) is 0. The van der Waals surface area contributed by atoms with Crippen molar-refractivity contribution in [1.82, 2.24) is 5.32 Å². The van der Waals surface area contributed by atoms with Crippen molar-refractivity contribution in [3.63, 3.8) is 0 Å². The second-order valence-corrected chi connectivity index (χ2v) is 4.92. The minimum absolute atomic E-state index is 0.153. The van der Waals surface area contributed by atoms with Gasteiger partial charge in [-0.25, -0.2) is 4.39 Å². The van der Waals surface area contributed by atoms with E-state index in [0.717, 1.165) is 29.7 Å². The Labute approximate surface area is 113 Å². The van der Waals surface area contributed by atoms with Crippen molar-refractivity contribution in [3.05, 3.63) is 58.8 Å². The van der Waals surface area contributed by atoms with Gasteiger partial charge in [-0.1, -0.05) is 13.0 Å². The summed E-state index contributed by atoms with van der Waals surface area (Å²) >= 11 is 0. The molecule has 1 heterocycles. The first kappa shape index (κ1) is 13.8. The summed E-state index contributed by atoms with van der Waals surface area (Å²) in [5.41, 5.74) is 3.58. The molecule has 0 fully saturated rings. The smallest absolute Gasteiger partial charge is 0.128 e. The summed E-state index contributed by atoms with van der Waals surface area (Å²) in [5, 5.41) is 3.39. The Kier molecular flexibility index (Phi) is 4.38. The quantitative estimate of drug-likeness (QED) is 0.875. The molecule has 0 aliphatic heterocycles. The second kappa shape index (κ2) is 6.02. The molecule has 0 bridgehead atoms.